The molecule has 0 heterocycles. The summed E-state index contributed by atoms with van der Waals surface area (Å²) in [5.74, 6) is -0.222. The van der Waals surface area contributed by atoms with Crippen molar-refractivity contribution in [3.8, 4) is 0 Å². The Morgan fingerprint density at radius 3 is 2.22 bits per heavy atom. The normalized spacial score (nSPS) is 11.9. The predicted molar refractivity (Wildman–Crippen MR) is 112 cm³/mol. The van der Waals surface area contributed by atoms with Gasteiger partial charge >= 0.3 is 0 Å². The Balaban J connectivity index is 2.10. The number of amides is 1. The lowest BCUT2D eigenvalue weighted by atomic mass is 9.87. The summed E-state index contributed by atoms with van der Waals surface area (Å²) in [6.45, 7) is 8.34. The molecule has 146 valence electrons. The fraction of sp³-hybridized carbons (Fsp3) is 0.381. The number of anilines is 2. The molecule has 0 unspecified atom stereocenters. The van der Waals surface area contributed by atoms with Crippen LogP contribution in [0, 0.1) is 6.92 Å². The SMILES string of the molecule is Cc1cccc(NC(=O)CCN(c2ccc(C(C)(C)C)cc2)S(C)(=O)=O)c1. The van der Waals surface area contributed by atoms with Crippen molar-refractivity contribution < 1.29 is 13.2 Å². The number of sulfonamides is 1. The van der Waals surface area contributed by atoms with Crippen molar-refractivity contribution >= 4 is 27.3 Å². The number of carbonyl (C=O) groups excluding carboxylic acids is 1. The van der Waals surface area contributed by atoms with Crippen molar-refractivity contribution in [1.29, 1.82) is 0 Å². The van der Waals surface area contributed by atoms with E-state index in [1.54, 1.807) is 12.1 Å². The highest BCUT2D eigenvalue weighted by molar-refractivity contribution is 7.92. The van der Waals surface area contributed by atoms with Crippen LogP contribution in [0.3, 0.4) is 0 Å². The molecule has 1 N–H and O–H groups in total. The van der Waals surface area contributed by atoms with Crippen molar-refractivity contribution in [3.63, 3.8) is 0 Å². The molecular formula is C21H28N2O3S. The summed E-state index contributed by atoms with van der Waals surface area (Å²) < 4.78 is 25.7. The Hall–Kier alpha value is -2.34. The number of hydrogen-bond acceptors (Lipinski definition) is 3. The molecule has 0 saturated heterocycles. The van der Waals surface area contributed by atoms with E-state index in [2.05, 4.69) is 26.1 Å². The first-order valence-corrected chi connectivity index (χ1v) is 10.8. The van der Waals surface area contributed by atoms with Crippen LogP contribution in [0.1, 0.15) is 38.3 Å². The van der Waals surface area contributed by atoms with Crippen LogP contribution in [-0.2, 0) is 20.2 Å². The molecule has 6 heteroatoms. The largest absolute Gasteiger partial charge is 0.326 e. The molecule has 0 spiro atoms. The van der Waals surface area contributed by atoms with Crippen LogP contribution in [0.15, 0.2) is 48.5 Å². The van der Waals surface area contributed by atoms with Crippen LogP contribution in [0.5, 0.6) is 0 Å². The van der Waals surface area contributed by atoms with Crippen LogP contribution >= 0.6 is 0 Å². The predicted octanol–water partition coefficient (Wildman–Crippen LogP) is 4.09. The third-order valence-electron chi connectivity index (χ3n) is 4.27. The molecule has 0 aromatic heterocycles. The van der Waals surface area contributed by atoms with E-state index >= 15 is 0 Å². The maximum atomic E-state index is 12.2. The maximum Gasteiger partial charge on any atom is 0.232 e. The summed E-state index contributed by atoms with van der Waals surface area (Å²) in [5, 5.41) is 2.81. The highest BCUT2D eigenvalue weighted by Crippen LogP contribution is 2.26. The van der Waals surface area contributed by atoms with E-state index in [0.717, 1.165) is 17.4 Å². The number of nitrogens with one attached hydrogen (secondary N) is 1. The van der Waals surface area contributed by atoms with Gasteiger partial charge in [0, 0.05) is 18.7 Å². The smallest absolute Gasteiger partial charge is 0.232 e. The molecule has 1 amide bonds. The second kappa shape index (κ2) is 8.13. The van der Waals surface area contributed by atoms with Crippen LogP contribution in [0.25, 0.3) is 0 Å². The van der Waals surface area contributed by atoms with E-state index in [1.807, 2.05) is 43.3 Å². The van der Waals surface area contributed by atoms with Gasteiger partial charge in [-0.15, -0.1) is 0 Å². The second-order valence-electron chi connectivity index (χ2n) is 7.80. The summed E-state index contributed by atoms with van der Waals surface area (Å²) in [6.07, 6.45) is 1.23. The van der Waals surface area contributed by atoms with Gasteiger partial charge < -0.3 is 5.32 Å². The molecule has 5 nitrogen and oxygen atoms in total. The first-order valence-electron chi connectivity index (χ1n) is 8.91. The van der Waals surface area contributed by atoms with Gasteiger partial charge in [0.2, 0.25) is 15.9 Å². The Kier molecular flexibility index (Phi) is 6.31. The van der Waals surface area contributed by atoms with Gasteiger partial charge in [0.1, 0.15) is 0 Å². The number of rotatable bonds is 6. The first kappa shape index (κ1) is 21.0. The second-order valence-corrected chi connectivity index (χ2v) is 9.71. The van der Waals surface area contributed by atoms with Crippen LogP contribution in [-0.4, -0.2) is 27.1 Å². The Labute approximate surface area is 162 Å². The van der Waals surface area contributed by atoms with Gasteiger partial charge in [-0.1, -0.05) is 45.0 Å². The van der Waals surface area contributed by atoms with Gasteiger partial charge in [-0.25, -0.2) is 8.42 Å². The molecule has 27 heavy (non-hydrogen) atoms. The highest BCUT2D eigenvalue weighted by atomic mass is 32.2. The van der Waals surface area contributed by atoms with Crippen molar-refractivity contribution in [2.75, 3.05) is 22.4 Å². The number of nitrogens with zero attached hydrogens (tertiary/aromatic N) is 1. The van der Waals surface area contributed by atoms with Gasteiger partial charge in [-0.05, 0) is 47.7 Å². The molecule has 2 rings (SSSR count). The minimum atomic E-state index is -3.49. The molecule has 0 saturated carbocycles. The summed E-state index contributed by atoms with van der Waals surface area (Å²) in [5.41, 5.74) is 3.43. The Morgan fingerprint density at radius 1 is 1.07 bits per heavy atom. The molecule has 0 aliphatic rings. The molecule has 2 aromatic carbocycles. The zero-order chi connectivity index (χ0) is 20.2. The average Bonchev–Trinajstić information content (AvgIpc) is 2.53. The minimum Gasteiger partial charge on any atom is -0.326 e. The van der Waals surface area contributed by atoms with Gasteiger partial charge in [-0.3, -0.25) is 9.10 Å². The van der Waals surface area contributed by atoms with E-state index < -0.39 is 10.0 Å². The van der Waals surface area contributed by atoms with Crippen molar-refractivity contribution in [1.82, 2.24) is 0 Å². The van der Waals surface area contributed by atoms with Crippen LogP contribution in [0.2, 0.25) is 0 Å². The highest BCUT2D eigenvalue weighted by Gasteiger charge is 2.20. The van der Waals surface area contributed by atoms with Crippen molar-refractivity contribution in [3.05, 3.63) is 59.7 Å². The fourth-order valence-electron chi connectivity index (χ4n) is 2.76. The third kappa shape index (κ3) is 6.10. The number of hydrogen-bond donors (Lipinski definition) is 1. The molecule has 2 aromatic rings. The van der Waals surface area contributed by atoms with Gasteiger partial charge in [0.25, 0.3) is 0 Å². The lowest BCUT2D eigenvalue weighted by Gasteiger charge is -2.24. The molecule has 0 radical (unpaired) electrons. The molecule has 0 aliphatic carbocycles. The zero-order valence-electron chi connectivity index (χ0n) is 16.6. The molecular weight excluding hydrogens is 360 g/mol. The Bertz CT molecular complexity index is 898. The van der Waals surface area contributed by atoms with E-state index in [4.69, 9.17) is 0 Å². The number of aryl methyl sites for hydroxylation is 1. The topological polar surface area (TPSA) is 66.5 Å². The molecule has 0 fully saturated rings. The molecule has 0 aliphatic heterocycles. The van der Waals surface area contributed by atoms with Crippen LogP contribution in [0.4, 0.5) is 11.4 Å². The van der Waals surface area contributed by atoms with E-state index in [9.17, 15) is 13.2 Å². The standard InChI is InChI=1S/C21H28N2O3S/c1-16-7-6-8-18(15-16)22-20(24)13-14-23(27(5,25)26)19-11-9-17(10-12-19)21(2,3)4/h6-12,15H,13-14H2,1-5H3,(H,22,24). The van der Waals surface area contributed by atoms with E-state index in [1.165, 1.54) is 4.31 Å². The summed E-state index contributed by atoms with van der Waals surface area (Å²) in [4.78, 5) is 12.2. The average molecular weight is 389 g/mol. The molecule has 0 bridgehead atoms. The van der Waals surface area contributed by atoms with E-state index in [-0.39, 0.29) is 24.3 Å². The lowest BCUT2D eigenvalue weighted by molar-refractivity contribution is -0.116. The summed E-state index contributed by atoms with van der Waals surface area (Å²) in [7, 11) is -3.49. The lowest BCUT2D eigenvalue weighted by Crippen LogP contribution is -2.33. The molecule has 0 atom stereocenters. The van der Waals surface area contributed by atoms with Gasteiger partial charge in [0.05, 0.1) is 11.9 Å². The van der Waals surface area contributed by atoms with Gasteiger partial charge in [-0.2, -0.15) is 0 Å². The van der Waals surface area contributed by atoms with Crippen molar-refractivity contribution in [2.45, 2.75) is 39.5 Å². The minimum absolute atomic E-state index is 0.0118. The number of carbonyl (C=O) groups is 1. The van der Waals surface area contributed by atoms with E-state index in [0.29, 0.717) is 11.4 Å². The monoisotopic (exact) mass is 388 g/mol. The first-order chi connectivity index (χ1) is 12.5. The van der Waals surface area contributed by atoms with Crippen LogP contribution < -0.4 is 9.62 Å². The summed E-state index contributed by atoms with van der Waals surface area (Å²) >= 11 is 0. The zero-order valence-corrected chi connectivity index (χ0v) is 17.4. The summed E-state index contributed by atoms with van der Waals surface area (Å²) in [6, 6.07) is 14.9. The van der Waals surface area contributed by atoms with Crippen molar-refractivity contribution in [2.24, 2.45) is 0 Å². The maximum absolute atomic E-state index is 12.2. The Morgan fingerprint density at radius 2 is 1.70 bits per heavy atom. The number of benzene rings is 2. The third-order valence-corrected chi connectivity index (χ3v) is 5.46. The fourth-order valence-corrected chi connectivity index (χ4v) is 3.69. The van der Waals surface area contributed by atoms with Gasteiger partial charge in [0.15, 0.2) is 0 Å². The quantitative estimate of drug-likeness (QED) is 0.811.